The highest BCUT2D eigenvalue weighted by atomic mass is 32.1. The molecule has 0 aliphatic rings. The largest absolute Gasteiger partial charge is 0.475 e. The van der Waals surface area contributed by atoms with E-state index in [9.17, 15) is 4.79 Å². The fourth-order valence-corrected chi connectivity index (χ4v) is 1.42. The zero-order chi connectivity index (χ0) is 10.7. The van der Waals surface area contributed by atoms with Crippen molar-refractivity contribution in [1.29, 1.82) is 0 Å². The summed E-state index contributed by atoms with van der Waals surface area (Å²) in [5, 5.41) is 16.1. The minimum atomic E-state index is -1.07. The lowest BCUT2D eigenvalue weighted by molar-refractivity contribution is 0.0660. The number of aromatic carboxylic acids is 1. The Bertz CT molecular complexity index is 451. The normalized spacial score (nSPS) is 10.1. The maximum atomic E-state index is 10.5. The van der Waals surface area contributed by atoms with Crippen molar-refractivity contribution in [2.75, 3.05) is 5.32 Å². The highest BCUT2D eigenvalue weighted by Gasteiger charge is 2.08. The third kappa shape index (κ3) is 2.32. The second-order valence-corrected chi connectivity index (χ2v) is 3.49. The first-order valence-corrected chi connectivity index (χ1v) is 4.86. The molecule has 0 saturated carbocycles. The van der Waals surface area contributed by atoms with Gasteiger partial charge in [0, 0.05) is 11.5 Å². The minimum absolute atomic E-state index is 0.0609. The first-order valence-electron chi connectivity index (χ1n) is 4.09. The van der Waals surface area contributed by atoms with Crippen molar-refractivity contribution in [2.45, 2.75) is 6.54 Å². The third-order valence-corrected chi connectivity index (χ3v) is 2.29. The second kappa shape index (κ2) is 4.09. The molecule has 0 radical (unpaired) electrons. The van der Waals surface area contributed by atoms with E-state index in [4.69, 9.17) is 9.52 Å². The monoisotopic (exact) mass is 225 g/mol. The Morgan fingerprint density at radius 1 is 1.60 bits per heavy atom. The molecule has 2 rings (SSSR count). The summed E-state index contributed by atoms with van der Waals surface area (Å²) < 4.78 is 8.72. The lowest BCUT2D eigenvalue weighted by atomic mass is 10.4. The van der Waals surface area contributed by atoms with Crippen LogP contribution in [0.1, 0.15) is 16.3 Å². The zero-order valence-electron chi connectivity index (χ0n) is 7.51. The summed E-state index contributed by atoms with van der Waals surface area (Å²) in [4.78, 5) is 10.5. The number of nitrogens with one attached hydrogen (secondary N) is 1. The summed E-state index contributed by atoms with van der Waals surface area (Å²) in [6.45, 7) is 0.414. The molecule has 0 unspecified atom stereocenters. The molecule has 6 nitrogen and oxygen atoms in total. The van der Waals surface area contributed by atoms with Crippen LogP contribution in [0.2, 0.25) is 0 Å². The van der Waals surface area contributed by atoms with E-state index in [0.29, 0.717) is 12.3 Å². The fraction of sp³-hybridized carbons (Fsp3) is 0.125. The van der Waals surface area contributed by atoms with E-state index in [1.54, 1.807) is 12.3 Å². The summed E-state index contributed by atoms with van der Waals surface area (Å²) in [6, 6.07) is 3.04. The van der Waals surface area contributed by atoms with Gasteiger partial charge in [0.15, 0.2) is 0 Å². The zero-order valence-corrected chi connectivity index (χ0v) is 8.32. The van der Waals surface area contributed by atoms with E-state index in [-0.39, 0.29) is 5.76 Å². The van der Waals surface area contributed by atoms with E-state index in [2.05, 4.69) is 14.9 Å². The van der Waals surface area contributed by atoms with Crippen molar-refractivity contribution in [2.24, 2.45) is 0 Å². The molecule has 15 heavy (non-hydrogen) atoms. The average molecular weight is 225 g/mol. The number of carboxylic acids is 1. The number of furan rings is 1. The van der Waals surface area contributed by atoms with Gasteiger partial charge in [0.1, 0.15) is 10.8 Å². The Hall–Kier alpha value is -1.89. The Kier molecular flexibility index (Phi) is 2.64. The number of carboxylic acid groups (broad SMARTS) is 1. The molecule has 0 aliphatic heterocycles. The van der Waals surface area contributed by atoms with Crippen LogP contribution in [0.5, 0.6) is 0 Å². The van der Waals surface area contributed by atoms with Gasteiger partial charge < -0.3 is 14.8 Å². The van der Waals surface area contributed by atoms with Crippen molar-refractivity contribution in [3.63, 3.8) is 0 Å². The average Bonchev–Trinajstić information content (AvgIpc) is 2.86. The molecule has 0 spiro atoms. The third-order valence-electron chi connectivity index (χ3n) is 1.67. The van der Waals surface area contributed by atoms with Gasteiger partial charge in [-0.1, -0.05) is 4.49 Å². The standard InChI is InChI=1S/C8H7N3O3S/c12-8(13)6-2-1-5(14-6)3-9-7-4-10-11-15-7/h1-2,4,9H,3H2,(H,12,13). The first kappa shape index (κ1) is 9.66. The van der Waals surface area contributed by atoms with Crippen molar-refractivity contribution < 1.29 is 14.3 Å². The van der Waals surface area contributed by atoms with Gasteiger partial charge in [0.2, 0.25) is 5.76 Å². The van der Waals surface area contributed by atoms with Gasteiger partial charge in [-0.05, 0) is 12.1 Å². The smallest absolute Gasteiger partial charge is 0.371 e. The fourth-order valence-electron chi connectivity index (χ4n) is 1.01. The van der Waals surface area contributed by atoms with Gasteiger partial charge in [-0.2, -0.15) is 0 Å². The van der Waals surface area contributed by atoms with E-state index in [1.165, 1.54) is 17.6 Å². The number of hydrogen-bond donors (Lipinski definition) is 2. The SMILES string of the molecule is O=C(O)c1ccc(CNc2cnns2)o1. The molecule has 0 bridgehead atoms. The van der Waals surface area contributed by atoms with Gasteiger partial charge in [-0.25, -0.2) is 4.79 Å². The van der Waals surface area contributed by atoms with Crippen LogP contribution in [-0.4, -0.2) is 20.7 Å². The molecule has 0 saturated heterocycles. The summed E-state index contributed by atoms with van der Waals surface area (Å²) in [7, 11) is 0. The Balaban J connectivity index is 1.96. The van der Waals surface area contributed by atoms with Crippen LogP contribution in [0, 0.1) is 0 Å². The van der Waals surface area contributed by atoms with Crippen LogP contribution >= 0.6 is 11.5 Å². The van der Waals surface area contributed by atoms with E-state index < -0.39 is 5.97 Å². The van der Waals surface area contributed by atoms with E-state index >= 15 is 0 Å². The maximum Gasteiger partial charge on any atom is 0.371 e. The van der Waals surface area contributed by atoms with Gasteiger partial charge in [-0.3, -0.25) is 0 Å². The van der Waals surface area contributed by atoms with Crippen LogP contribution in [-0.2, 0) is 6.54 Å². The number of carbonyl (C=O) groups is 1. The molecule has 0 amide bonds. The summed E-state index contributed by atoms with van der Waals surface area (Å²) in [5.41, 5.74) is 0. The predicted molar refractivity (Wildman–Crippen MR) is 52.9 cm³/mol. The lowest BCUT2D eigenvalue weighted by Crippen LogP contribution is -1.96. The van der Waals surface area contributed by atoms with Crippen LogP contribution in [0.25, 0.3) is 0 Å². The molecule has 0 atom stereocenters. The molecular formula is C8H7N3O3S. The number of rotatable bonds is 4. The molecule has 7 heteroatoms. The molecule has 2 N–H and O–H groups in total. The van der Waals surface area contributed by atoms with Crippen molar-refractivity contribution >= 4 is 22.5 Å². The maximum absolute atomic E-state index is 10.5. The number of aromatic nitrogens is 2. The minimum Gasteiger partial charge on any atom is -0.475 e. The van der Waals surface area contributed by atoms with E-state index in [1.807, 2.05) is 0 Å². The number of anilines is 1. The highest BCUT2D eigenvalue weighted by Crippen LogP contribution is 2.13. The van der Waals surface area contributed by atoms with Crippen LogP contribution in [0.4, 0.5) is 5.00 Å². The quantitative estimate of drug-likeness (QED) is 0.818. The van der Waals surface area contributed by atoms with Crippen molar-refractivity contribution in [3.05, 3.63) is 29.9 Å². The van der Waals surface area contributed by atoms with Crippen LogP contribution < -0.4 is 5.32 Å². The molecule has 2 aromatic rings. The Morgan fingerprint density at radius 3 is 3.07 bits per heavy atom. The topological polar surface area (TPSA) is 88.2 Å². The predicted octanol–water partition coefficient (Wildman–Crippen LogP) is 1.44. The highest BCUT2D eigenvalue weighted by molar-refractivity contribution is 7.09. The van der Waals surface area contributed by atoms with Gasteiger partial charge in [0.25, 0.3) is 0 Å². The summed E-state index contributed by atoms with van der Waals surface area (Å²) in [5.74, 6) is -0.573. The first-order chi connectivity index (χ1) is 7.25. The van der Waals surface area contributed by atoms with Crippen molar-refractivity contribution in [1.82, 2.24) is 9.59 Å². The summed E-state index contributed by atoms with van der Waals surface area (Å²) in [6.07, 6.45) is 1.59. The molecule has 0 fully saturated rings. The van der Waals surface area contributed by atoms with Crippen molar-refractivity contribution in [3.8, 4) is 0 Å². The Morgan fingerprint density at radius 2 is 2.47 bits per heavy atom. The summed E-state index contributed by atoms with van der Waals surface area (Å²) >= 11 is 1.23. The van der Waals surface area contributed by atoms with Crippen LogP contribution in [0.15, 0.2) is 22.7 Å². The molecular weight excluding hydrogens is 218 g/mol. The lowest BCUT2D eigenvalue weighted by Gasteiger charge is -1.97. The molecule has 2 aromatic heterocycles. The number of hydrogen-bond acceptors (Lipinski definition) is 6. The van der Waals surface area contributed by atoms with Crippen LogP contribution in [0.3, 0.4) is 0 Å². The molecule has 0 aliphatic carbocycles. The van der Waals surface area contributed by atoms with Gasteiger partial charge >= 0.3 is 5.97 Å². The molecule has 78 valence electrons. The Labute approximate surface area is 88.7 Å². The molecule has 2 heterocycles. The molecule has 0 aromatic carbocycles. The van der Waals surface area contributed by atoms with Gasteiger partial charge in [-0.15, -0.1) is 5.10 Å². The number of nitrogens with zero attached hydrogens (tertiary/aromatic N) is 2. The van der Waals surface area contributed by atoms with Gasteiger partial charge in [0.05, 0.1) is 12.7 Å². The van der Waals surface area contributed by atoms with E-state index in [0.717, 1.165) is 5.00 Å². The second-order valence-electron chi connectivity index (χ2n) is 2.71.